The summed E-state index contributed by atoms with van der Waals surface area (Å²) in [5.41, 5.74) is 0. The van der Waals surface area contributed by atoms with Crippen molar-refractivity contribution in [2.45, 2.75) is 51.5 Å². The van der Waals surface area contributed by atoms with Crippen LogP contribution in [0.1, 0.15) is 45.4 Å². The van der Waals surface area contributed by atoms with Gasteiger partial charge in [-0.1, -0.05) is 18.9 Å². The minimum atomic E-state index is 0. The molecule has 0 spiro atoms. The third kappa shape index (κ3) is 7.81. The van der Waals surface area contributed by atoms with E-state index in [1.54, 1.807) is 0 Å². The van der Waals surface area contributed by atoms with Gasteiger partial charge in [0.25, 0.3) is 0 Å². The second-order valence-electron chi connectivity index (χ2n) is 6.35. The third-order valence-corrected chi connectivity index (χ3v) is 4.40. The number of rotatable bonds is 8. The summed E-state index contributed by atoms with van der Waals surface area (Å²) in [6.07, 6.45) is 9.89. The van der Waals surface area contributed by atoms with Gasteiger partial charge in [0.05, 0.1) is 0 Å². The van der Waals surface area contributed by atoms with Crippen molar-refractivity contribution in [3.63, 3.8) is 0 Å². The quantitative estimate of drug-likeness (QED) is 0.209. The molecule has 2 aliphatic rings. The summed E-state index contributed by atoms with van der Waals surface area (Å²) in [7, 11) is 0. The van der Waals surface area contributed by atoms with E-state index < -0.39 is 0 Å². The van der Waals surface area contributed by atoms with Crippen molar-refractivity contribution in [2.24, 2.45) is 10.9 Å². The van der Waals surface area contributed by atoms with E-state index in [0.717, 1.165) is 44.6 Å². The van der Waals surface area contributed by atoms with Crippen molar-refractivity contribution < 1.29 is 0 Å². The maximum atomic E-state index is 4.73. The minimum Gasteiger partial charge on any atom is -0.357 e. The summed E-state index contributed by atoms with van der Waals surface area (Å²) in [5.74, 6) is 2.03. The normalized spacial score (nSPS) is 20.3. The summed E-state index contributed by atoms with van der Waals surface area (Å²) in [5, 5.41) is 6.99. The average molecular weight is 420 g/mol. The van der Waals surface area contributed by atoms with E-state index in [0.29, 0.717) is 6.04 Å². The van der Waals surface area contributed by atoms with E-state index in [2.05, 4.69) is 29.0 Å². The molecule has 1 heterocycles. The fraction of sp³-hybridized carbons (Fsp3) is 0.824. The molecule has 1 aliphatic heterocycles. The largest absolute Gasteiger partial charge is 0.357 e. The average Bonchev–Trinajstić information content (AvgIpc) is 3.30. The standard InChI is InChI=1S/C17H32N4.HI/c1-3-12-21-13-9-16(10-14-21)20-17(18-4-2)19-11-5-6-15-7-8-15;/h3,15-16H,1,4-14H2,2H3,(H2,18,19,20);1H. The van der Waals surface area contributed by atoms with Crippen molar-refractivity contribution in [1.29, 1.82) is 0 Å². The number of guanidine groups is 1. The first-order chi connectivity index (χ1) is 10.3. The molecule has 128 valence electrons. The molecule has 0 aromatic rings. The molecule has 2 N–H and O–H groups in total. The van der Waals surface area contributed by atoms with Crippen LogP contribution < -0.4 is 10.6 Å². The Morgan fingerprint density at radius 3 is 2.59 bits per heavy atom. The highest BCUT2D eigenvalue weighted by molar-refractivity contribution is 14.0. The summed E-state index contributed by atoms with van der Waals surface area (Å²) < 4.78 is 0. The van der Waals surface area contributed by atoms with Crippen LogP contribution in [0.2, 0.25) is 0 Å². The lowest BCUT2D eigenvalue weighted by molar-refractivity contribution is 0.225. The van der Waals surface area contributed by atoms with E-state index in [4.69, 9.17) is 4.99 Å². The monoisotopic (exact) mass is 420 g/mol. The number of halogens is 1. The van der Waals surface area contributed by atoms with Crippen molar-refractivity contribution in [3.8, 4) is 0 Å². The molecule has 2 rings (SSSR count). The third-order valence-electron chi connectivity index (χ3n) is 4.40. The minimum absolute atomic E-state index is 0. The van der Waals surface area contributed by atoms with Crippen molar-refractivity contribution in [2.75, 3.05) is 32.7 Å². The Morgan fingerprint density at radius 2 is 2.00 bits per heavy atom. The topological polar surface area (TPSA) is 39.7 Å². The first kappa shape index (κ1) is 19.7. The van der Waals surface area contributed by atoms with Gasteiger partial charge < -0.3 is 10.6 Å². The van der Waals surface area contributed by atoms with Gasteiger partial charge in [-0.3, -0.25) is 9.89 Å². The Balaban J connectivity index is 0.00000242. The predicted octanol–water partition coefficient (Wildman–Crippen LogP) is 3.00. The van der Waals surface area contributed by atoms with Gasteiger partial charge in [0, 0.05) is 38.8 Å². The highest BCUT2D eigenvalue weighted by Gasteiger charge is 2.20. The SMILES string of the molecule is C=CCN1CCC(NC(=NCCCC2CC2)NCC)CC1.I. The lowest BCUT2D eigenvalue weighted by Gasteiger charge is -2.32. The zero-order valence-corrected chi connectivity index (χ0v) is 16.4. The van der Waals surface area contributed by atoms with Crippen LogP contribution in [0.4, 0.5) is 0 Å². The predicted molar refractivity (Wildman–Crippen MR) is 106 cm³/mol. The molecule has 0 aromatic carbocycles. The van der Waals surface area contributed by atoms with Gasteiger partial charge in [0.1, 0.15) is 0 Å². The number of aliphatic imine (C=N–C) groups is 1. The van der Waals surface area contributed by atoms with Crippen LogP contribution in [0.15, 0.2) is 17.6 Å². The molecule has 22 heavy (non-hydrogen) atoms. The molecule has 4 nitrogen and oxygen atoms in total. The summed E-state index contributed by atoms with van der Waals surface area (Å²) in [6, 6.07) is 0.562. The van der Waals surface area contributed by atoms with Crippen molar-refractivity contribution in [3.05, 3.63) is 12.7 Å². The number of hydrogen-bond donors (Lipinski definition) is 2. The molecule has 0 bridgehead atoms. The maximum Gasteiger partial charge on any atom is 0.191 e. The van der Waals surface area contributed by atoms with Crippen LogP contribution in [-0.4, -0.2) is 49.6 Å². The lowest BCUT2D eigenvalue weighted by Crippen LogP contribution is -2.48. The zero-order valence-electron chi connectivity index (χ0n) is 14.0. The van der Waals surface area contributed by atoms with Crippen LogP contribution in [0.25, 0.3) is 0 Å². The van der Waals surface area contributed by atoms with Crippen LogP contribution >= 0.6 is 24.0 Å². The Hall–Kier alpha value is -0.300. The first-order valence-electron chi connectivity index (χ1n) is 8.70. The number of piperidine rings is 1. The Labute approximate surface area is 153 Å². The lowest BCUT2D eigenvalue weighted by atomic mass is 10.1. The van der Waals surface area contributed by atoms with Crippen LogP contribution in [0.3, 0.4) is 0 Å². The molecule has 0 aromatic heterocycles. The fourth-order valence-corrected chi connectivity index (χ4v) is 2.93. The number of nitrogens with zero attached hydrogens (tertiary/aromatic N) is 2. The zero-order chi connectivity index (χ0) is 14.9. The highest BCUT2D eigenvalue weighted by atomic mass is 127. The van der Waals surface area contributed by atoms with Gasteiger partial charge >= 0.3 is 0 Å². The second-order valence-corrected chi connectivity index (χ2v) is 6.35. The second kappa shape index (κ2) is 11.3. The molecule has 0 unspecified atom stereocenters. The van der Waals surface area contributed by atoms with Crippen LogP contribution in [0.5, 0.6) is 0 Å². The molecule has 0 atom stereocenters. The van der Waals surface area contributed by atoms with Crippen molar-refractivity contribution in [1.82, 2.24) is 15.5 Å². The molecule has 0 radical (unpaired) electrons. The van der Waals surface area contributed by atoms with E-state index in [1.807, 2.05) is 6.08 Å². The number of hydrogen-bond acceptors (Lipinski definition) is 2. The Kier molecular flexibility index (Phi) is 10.1. The molecule has 2 fully saturated rings. The van der Waals surface area contributed by atoms with E-state index in [-0.39, 0.29) is 24.0 Å². The fourth-order valence-electron chi connectivity index (χ4n) is 2.93. The van der Waals surface area contributed by atoms with Crippen molar-refractivity contribution >= 4 is 29.9 Å². The Morgan fingerprint density at radius 1 is 1.27 bits per heavy atom. The molecule has 1 saturated carbocycles. The summed E-state index contributed by atoms with van der Waals surface area (Å²) >= 11 is 0. The van der Waals surface area contributed by atoms with Gasteiger partial charge in [0.2, 0.25) is 0 Å². The number of likely N-dealkylation sites (tertiary alicyclic amines) is 1. The first-order valence-corrected chi connectivity index (χ1v) is 8.70. The molecule has 1 saturated heterocycles. The van der Waals surface area contributed by atoms with Gasteiger partial charge in [-0.15, -0.1) is 30.6 Å². The smallest absolute Gasteiger partial charge is 0.191 e. The van der Waals surface area contributed by atoms with E-state index >= 15 is 0 Å². The Bertz CT molecular complexity index is 334. The van der Waals surface area contributed by atoms with Gasteiger partial charge in [-0.2, -0.15) is 0 Å². The number of nitrogens with one attached hydrogen (secondary N) is 2. The van der Waals surface area contributed by atoms with Gasteiger partial charge in [0.15, 0.2) is 5.96 Å². The molecule has 5 heteroatoms. The summed E-state index contributed by atoms with van der Waals surface area (Å²) in [4.78, 5) is 7.19. The maximum absolute atomic E-state index is 4.73. The molecular formula is C17H33IN4. The van der Waals surface area contributed by atoms with Gasteiger partial charge in [-0.05, 0) is 38.5 Å². The summed E-state index contributed by atoms with van der Waals surface area (Å²) in [6.45, 7) is 11.2. The highest BCUT2D eigenvalue weighted by Crippen LogP contribution is 2.33. The van der Waals surface area contributed by atoms with Crippen LogP contribution in [0, 0.1) is 5.92 Å². The van der Waals surface area contributed by atoms with E-state index in [1.165, 1.54) is 38.5 Å². The van der Waals surface area contributed by atoms with Crippen LogP contribution in [-0.2, 0) is 0 Å². The molecule has 0 amide bonds. The van der Waals surface area contributed by atoms with Gasteiger partial charge in [-0.25, -0.2) is 0 Å². The molecule has 1 aliphatic carbocycles. The molecular weight excluding hydrogens is 387 g/mol. The van der Waals surface area contributed by atoms with E-state index in [9.17, 15) is 0 Å².